The lowest BCUT2D eigenvalue weighted by atomic mass is 9.92. The normalized spacial score (nSPS) is 11.4. The topological polar surface area (TPSA) is 40.5 Å². The van der Waals surface area contributed by atoms with Gasteiger partial charge in [0.1, 0.15) is 0 Å². The van der Waals surface area contributed by atoms with Crippen LogP contribution in [-0.2, 0) is 6.42 Å². The molecule has 118 valence electrons. The number of fused-ring (bicyclic) bond motifs is 3. The molecule has 0 atom stereocenters. The summed E-state index contributed by atoms with van der Waals surface area (Å²) in [6.07, 6.45) is 2.00. The highest BCUT2D eigenvalue weighted by Gasteiger charge is 2.13. The maximum absolute atomic E-state index is 11.7. The highest BCUT2D eigenvalue weighted by molar-refractivity contribution is 6.17. The fraction of sp³-hybridized carbons (Fsp3) is 0.250. The summed E-state index contributed by atoms with van der Waals surface area (Å²) >= 11 is 0. The van der Waals surface area contributed by atoms with E-state index in [0.29, 0.717) is 5.56 Å². The molecule has 0 fully saturated rings. The molecular formula is C20H21NO2. The van der Waals surface area contributed by atoms with Crippen molar-refractivity contribution >= 4 is 27.5 Å². The summed E-state index contributed by atoms with van der Waals surface area (Å²) in [4.78, 5) is 13.8. The Kier molecular flexibility index (Phi) is 4.30. The number of carbonyl (C=O) groups is 1. The van der Waals surface area contributed by atoms with Crippen molar-refractivity contribution in [1.29, 1.82) is 0 Å². The first-order chi connectivity index (χ1) is 11.1. The SMILES string of the molecule is CN(C)CCCc1cccc2ccc3cccc(C(=O)O)c3c12. The van der Waals surface area contributed by atoms with Crippen molar-refractivity contribution in [2.75, 3.05) is 20.6 Å². The van der Waals surface area contributed by atoms with Gasteiger partial charge in [0.2, 0.25) is 0 Å². The molecule has 0 saturated heterocycles. The molecule has 3 nitrogen and oxygen atoms in total. The fourth-order valence-corrected chi connectivity index (χ4v) is 3.20. The molecular weight excluding hydrogens is 286 g/mol. The molecule has 3 aromatic carbocycles. The predicted molar refractivity (Wildman–Crippen MR) is 95.3 cm³/mol. The van der Waals surface area contributed by atoms with Crippen LogP contribution in [0.15, 0.2) is 48.5 Å². The maximum Gasteiger partial charge on any atom is 0.336 e. The summed E-state index contributed by atoms with van der Waals surface area (Å²) in [5.74, 6) is -0.869. The van der Waals surface area contributed by atoms with Gasteiger partial charge in [0.25, 0.3) is 0 Å². The summed E-state index contributed by atoms with van der Waals surface area (Å²) in [6, 6.07) is 15.8. The molecule has 0 unspecified atom stereocenters. The zero-order valence-corrected chi connectivity index (χ0v) is 13.5. The average molecular weight is 307 g/mol. The van der Waals surface area contributed by atoms with Crippen LogP contribution in [0.5, 0.6) is 0 Å². The highest BCUT2D eigenvalue weighted by Crippen LogP contribution is 2.31. The van der Waals surface area contributed by atoms with Crippen LogP contribution in [0.4, 0.5) is 0 Å². The predicted octanol–water partition coefficient (Wildman–Crippen LogP) is 4.19. The van der Waals surface area contributed by atoms with E-state index in [1.807, 2.05) is 18.2 Å². The summed E-state index contributed by atoms with van der Waals surface area (Å²) < 4.78 is 0. The number of aryl methyl sites for hydroxylation is 1. The van der Waals surface area contributed by atoms with E-state index in [2.05, 4.69) is 43.3 Å². The van der Waals surface area contributed by atoms with Gasteiger partial charge < -0.3 is 10.0 Å². The summed E-state index contributed by atoms with van der Waals surface area (Å²) in [6.45, 7) is 1.02. The van der Waals surface area contributed by atoms with Crippen molar-refractivity contribution in [3.8, 4) is 0 Å². The van der Waals surface area contributed by atoms with E-state index in [-0.39, 0.29) is 0 Å². The molecule has 3 aromatic rings. The van der Waals surface area contributed by atoms with Gasteiger partial charge in [-0.2, -0.15) is 0 Å². The lowest BCUT2D eigenvalue weighted by Crippen LogP contribution is -2.13. The maximum atomic E-state index is 11.7. The van der Waals surface area contributed by atoms with Gasteiger partial charge in [0, 0.05) is 5.39 Å². The molecule has 1 N–H and O–H groups in total. The minimum absolute atomic E-state index is 0.383. The smallest absolute Gasteiger partial charge is 0.336 e. The third kappa shape index (κ3) is 3.06. The summed E-state index contributed by atoms with van der Waals surface area (Å²) in [5.41, 5.74) is 1.61. The number of benzene rings is 3. The largest absolute Gasteiger partial charge is 0.478 e. The number of hydrogen-bond donors (Lipinski definition) is 1. The number of nitrogens with zero attached hydrogens (tertiary/aromatic N) is 1. The lowest BCUT2D eigenvalue weighted by Gasteiger charge is -2.13. The Hall–Kier alpha value is -2.39. The Morgan fingerprint density at radius 1 is 0.957 bits per heavy atom. The average Bonchev–Trinajstić information content (AvgIpc) is 2.53. The van der Waals surface area contributed by atoms with E-state index in [4.69, 9.17) is 0 Å². The fourth-order valence-electron chi connectivity index (χ4n) is 3.20. The Labute approximate surface area is 136 Å². The molecule has 0 radical (unpaired) electrons. The molecule has 0 spiro atoms. The van der Waals surface area contributed by atoms with Crippen LogP contribution in [-0.4, -0.2) is 36.6 Å². The van der Waals surface area contributed by atoms with Crippen LogP contribution in [0, 0.1) is 0 Å². The highest BCUT2D eigenvalue weighted by atomic mass is 16.4. The van der Waals surface area contributed by atoms with E-state index in [9.17, 15) is 9.90 Å². The van der Waals surface area contributed by atoms with Gasteiger partial charge in [-0.05, 0) is 61.3 Å². The third-order valence-electron chi connectivity index (χ3n) is 4.25. The molecule has 3 heteroatoms. The molecule has 0 aliphatic rings. The molecule has 0 heterocycles. The van der Waals surface area contributed by atoms with Crippen LogP contribution in [0.1, 0.15) is 22.3 Å². The van der Waals surface area contributed by atoms with Gasteiger partial charge in [-0.15, -0.1) is 0 Å². The zero-order valence-electron chi connectivity index (χ0n) is 13.5. The molecule has 0 amide bonds. The first kappa shape index (κ1) is 15.5. The van der Waals surface area contributed by atoms with Crippen LogP contribution in [0.3, 0.4) is 0 Å². The molecule has 3 rings (SSSR count). The van der Waals surface area contributed by atoms with Crippen molar-refractivity contribution in [2.24, 2.45) is 0 Å². The standard InChI is InChI=1S/C20H21NO2/c1-21(2)13-5-9-14-6-3-7-15-11-12-16-8-4-10-17(20(22)23)19(16)18(14)15/h3-4,6-8,10-12H,5,9,13H2,1-2H3,(H,22,23). The van der Waals surface area contributed by atoms with E-state index in [1.165, 1.54) is 5.56 Å². The molecule has 23 heavy (non-hydrogen) atoms. The summed E-state index contributed by atoms with van der Waals surface area (Å²) in [7, 11) is 4.14. The van der Waals surface area contributed by atoms with Crippen LogP contribution in [0.2, 0.25) is 0 Å². The second-order valence-electron chi connectivity index (χ2n) is 6.20. The van der Waals surface area contributed by atoms with Crippen LogP contribution >= 0.6 is 0 Å². The van der Waals surface area contributed by atoms with E-state index < -0.39 is 5.97 Å². The van der Waals surface area contributed by atoms with Gasteiger partial charge in [-0.3, -0.25) is 0 Å². The second kappa shape index (κ2) is 6.39. The van der Waals surface area contributed by atoms with E-state index in [0.717, 1.165) is 40.9 Å². The van der Waals surface area contributed by atoms with Gasteiger partial charge >= 0.3 is 5.97 Å². The van der Waals surface area contributed by atoms with Gasteiger partial charge in [0.15, 0.2) is 0 Å². The van der Waals surface area contributed by atoms with Crippen molar-refractivity contribution in [1.82, 2.24) is 4.90 Å². The van der Waals surface area contributed by atoms with E-state index in [1.54, 1.807) is 6.07 Å². The van der Waals surface area contributed by atoms with Gasteiger partial charge in [0.05, 0.1) is 5.56 Å². The number of aromatic carboxylic acids is 1. The van der Waals surface area contributed by atoms with Crippen molar-refractivity contribution in [2.45, 2.75) is 12.8 Å². The van der Waals surface area contributed by atoms with Crippen LogP contribution in [0.25, 0.3) is 21.5 Å². The molecule has 0 saturated carbocycles. The zero-order chi connectivity index (χ0) is 16.4. The van der Waals surface area contributed by atoms with Gasteiger partial charge in [-0.1, -0.05) is 42.5 Å². The quantitative estimate of drug-likeness (QED) is 0.719. The Morgan fingerprint density at radius 3 is 2.26 bits per heavy atom. The minimum atomic E-state index is -0.869. The molecule has 0 aliphatic carbocycles. The second-order valence-corrected chi connectivity index (χ2v) is 6.20. The Bertz CT molecular complexity index is 868. The molecule has 0 aromatic heterocycles. The molecule has 0 aliphatic heterocycles. The number of carboxylic acids is 1. The van der Waals surface area contributed by atoms with Crippen LogP contribution < -0.4 is 0 Å². The third-order valence-corrected chi connectivity index (χ3v) is 4.25. The van der Waals surface area contributed by atoms with Crippen molar-refractivity contribution in [3.63, 3.8) is 0 Å². The first-order valence-electron chi connectivity index (χ1n) is 7.89. The summed E-state index contributed by atoms with van der Waals surface area (Å²) in [5, 5.41) is 13.6. The molecule has 0 bridgehead atoms. The minimum Gasteiger partial charge on any atom is -0.478 e. The number of rotatable bonds is 5. The Balaban J connectivity index is 2.23. The van der Waals surface area contributed by atoms with E-state index >= 15 is 0 Å². The number of carboxylic acid groups (broad SMARTS) is 1. The number of hydrogen-bond acceptors (Lipinski definition) is 2. The van der Waals surface area contributed by atoms with Crippen molar-refractivity contribution < 1.29 is 9.90 Å². The Morgan fingerprint density at radius 2 is 1.61 bits per heavy atom. The monoisotopic (exact) mass is 307 g/mol. The van der Waals surface area contributed by atoms with Crippen molar-refractivity contribution in [3.05, 3.63) is 59.7 Å². The lowest BCUT2D eigenvalue weighted by molar-refractivity contribution is 0.0699. The first-order valence-corrected chi connectivity index (χ1v) is 7.89. The van der Waals surface area contributed by atoms with Gasteiger partial charge in [-0.25, -0.2) is 4.79 Å².